The lowest BCUT2D eigenvalue weighted by Gasteiger charge is -2.38. The molecule has 0 spiro atoms. The molecule has 2 unspecified atom stereocenters. The van der Waals surface area contributed by atoms with Crippen LogP contribution >= 0.6 is 0 Å². The van der Waals surface area contributed by atoms with Gasteiger partial charge < -0.3 is 24.7 Å². The fraction of sp³-hybridized carbons (Fsp3) is 0.296. The summed E-state index contributed by atoms with van der Waals surface area (Å²) in [6.07, 6.45) is 8.77. The van der Waals surface area contributed by atoms with Crippen molar-refractivity contribution < 1.29 is 9.53 Å². The molecule has 1 aliphatic heterocycles. The van der Waals surface area contributed by atoms with Gasteiger partial charge in [-0.3, -0.25) is 19.4 Å². The number of amides is 1. The number of nitrogens with zero attached hydrogens (tertiary/aromatic N) is 7. The highest BCUT2D eigenvalue weighted by molar-refractivity contribution is 6.13. The van der Waals surface area contributed by atoms with Gasteiger partial charge in [0, 0.05) is 75.3 Å². The Kier molecular flexibility index (Phi) is 5.91. The van der Waals surface area contributed by atoms with E-state index in [0.29, 0.717) is 51.6 Å². The molecule has 1 amide bonds. The van der Waals surface area contributed by atoms with Gasteiger partial charge in [-0.2, -0.15) is 0 Å². The lowest BCUT2D eigenvalue weighted by Crippen LogP contribution is -2.54. The van der Waals surface area contributed by atoms with Crippen LogP contribution in [-0.2, 0) is 7.05 Å². The second kappa shape index (κ2) is 9.42. The molecule has 194 valence electrons. The maximum absolute atomic E-state index is 13.6. The Morgan fingerprint density at radius 3 is 2.58 bits per heavy atom. The summed E-state index contributed by atoms with van der Waals surface area (Å²) in [6, 6.07) is 8.00. The van der Waals surface area contributed by atoms with E-state index < -0.39 is 0 Å². The van der Waals surface area contributed by atoms with Crippen LogP contribution in [-0.4, -0.2) is 60.2 Å². The van der Waals surface area contributed by atoms with Crippen molar-refractivity contribution in [3.8, 4) is 11.6 Å². The molecule has 0 aliphatic carbocycles. The molecular weight excluding hydrogens is 482 g/mol. The van der Waals surface area contributed by atoms with Crippen molar-refractivity contribution in [2.75, 3.05) is 23.3 Å². The number of piperazine rings is 1. The molecule has 38 heavy (non-hydrogen) atoms. The molecular formula is C27H29N9O2. The van der Waals surface area contributed by atoms with Crippen molar-refractivity contribution in [3.05, 3.63) is 66.5 Å². The number of hydrogen-bond acceptors (Lipinski definition) is 8. The van der Waals surface area contributed by atoms with E-state index in [4.69, 9.17) is 4.74 Å². The van der Waals surface area contributed by atoms with Crippen LogP contribution < -0.4 is 20.3 Å². The van der Waals surface area contributed by atoms with Crippen LogP contribution in [0.4, 0.5) is 11.4 Å². The Bertz CT molecular complexity index is 1650. The third-order valence-electron chi connectivity index (χ3n) is 6.55. The van der Waals surface area contributed by atoms with Crippen LogP contribution in [0.3, 0.4) is 0 Å². The first-order valence-electron chi connectivity index (χ1n) is 12.6. The van der Waals surface area contributed by atoms with Gasteiger partial charge in [0.2, 0.25) is 5.88 Å². The predicted octanol–water partition coefficient (Wildman–Crippen LogP) is 3.55. The highest BCUT2D eigenvalue weighted by atomic mass is 16.5. The van der Waals surface area contributed by atoms with Crippen molar-refractivity contribution in [2.45, 2.75) is 32.9 Å². The quantitative estimate of drug-likeness (QED) is 0.368. The molecule has 1 saturated heterocycles. The summed E-state index contributed by atoms with van der Waals surface area (Å²) in [5, 5.41) is 10.9. The summed E-state index contributed by atoms with van der Waals surface area (Å²) in [5.41, 5.74) is 4.70. The Hall–Kier alpha value is -4.51. The minimum atomic E-state index is -0.288. The van der Waals surface area contributed by atoms with Gasteiger partial charge in [0.15, 0.2) is 11.4 Å². The summed E-state index contributed by atoms with van der Waals surface area (Å²) in [6.45, 7) is 7.95. The number of rotatable bonds is 5. The molecule has 1 fully saturated rings. The van der Waals surface area contributed by atoms with Gasteiger partial charge in [-0.15, -0.1) is 5.10 Å². The smallest absolute Gasteiger partial charge is 0.257 e. The molecule has 2 atom stereocenters. The molecule has 6 rings (SSSR count). The summed E-state index contributed by atoms with van der Waals surface area (Å²) in [7, 11) is 1.82. The van der Waals surface area contributed by atoms with E-state index in [1.807, 2.05) is 42.9 Å². The first-order valence-corrected chi connectivity index (χ1v) is 12.6. The molecule has 11 nitrogen and oxygen atoms in total. The predicted molar refractivity (Wildman–Crippen MR) is 145 cm³/mol. The first-order chi connectivity index (χ1) is 18.3. The minimum absolute atomic E-state index is 0.288. The SMILES string of the molecule is Cc1cn2cc(NC(=O)c3ccc(N4CC(C)NC(C)C4)c4nccnc34)cc(Oc3ccn(C)n3)c2n1. The minimum Gasteiger partial charge on any atom is -0.434 e. The third kappa shape index (κ3) is 4.52. The number of ether oxygens (including phenoxy) is 1. The van der Waals surface area contributed by atoms with E-state index in [9.17, 15) is 4.79 Å². The lowest BCUT2D eigenvalue weighted by atomic mass is 10.1. The molecule has 11 heteroatoms. The summed E-state index contributed by atoms with van der Waals surface area (Å²) < 4.78 is 9.51. The van der Waals surface area contributed by atoms with E-state index >= 15 is 0 Å². The normalized spacial score (nSPS) is 17.7. The van der Waals surface area contributed by atoms with Crippen molar-refractivity contribution in [2.24, 2.45) is 7.05 Å². The number of fused-ring (bicyclic) bond motifs is 2. The van der Waals surface area contributed by atoms with Gasteiger partial charge >= 0.3 is 0 Å². The average Bonchev–Trinajstić information content (AvgIpc) is 3.46. The van der Waals surface area contributed by atoms with Gasteiger partial charge in [-0.1, -0.05) is 0 Å². The van der Waals surface area contributed by atoms with E-state index in [1.54, 1.807) is 35.4 Å². The van der Waals surface area contributed by atoms with Gasteiger partial charge in [-0.25, -0.2) is 4.98 Å². The van der Waals surface area contributed by atoms with Crippen LogP contribution in [0.1, 0.15) is 29.9 Å². The number of nitrogens with one attached hydrogen (secondary N) is 2. The number of aromatic nitrogens is 6. The fourth-order valence-corrected chi connectivity index (χ4v) is 5.10. The molecule has 2 N–H and O–H groups in total. The van der Waals surface area contributed by atoms with Gasteiger partial charge in [-0.05, 0) is 32.9 Å². The zero-order valence-electron chi connectivity index (χ0n) is 21.7. The lowest BCUT2D eigenvalue weighted by molar-refractivity contribution is 0.102. The number of carbonyl (C=O) groups excluding carboxylic acids is 1. The number of anilines is 2. The zero-order valence-corrected chi connectivity index (χ0v) is 21.7. The van der Waals surface area contributed by atoms with Crippen LogP contribution in [0.25, 0.3) is 16.7 Å². The zero-order chi connectivity index (χ0) is 26.4. The molecule has 5 heterocycles. The number of carbonyl (C=O) groups is 1. The Balaban J connectivity index is 1.34. The van der Waals surface area contributed by atoms with E-state index in [2.05, 4.69) is 49.4 Å². The highest BCUT2D eigenvalue weighted by Crippen LogP contribution is 2.31. The summed E-state index contributed by atoms with van der Waals surface area (Å²) >= 11 is 0. The van der Waals surface area contributed by atoms with E-state index in [0.717, 1.165) is 24.5 Å². The van der Waals surface area contributed by atoms with Crippen molar-refractivity contribution >= 4 is 34.0 Å². The van der Waals surface area contributed by atoms with E-state index in [-0.39, 0.29) is 5.91 Å². The number of benzene rings is 1. The molecule has 0 radical (unpaired) electrons. The van der Waals surface area contributed by atoms with Crippen molar-refractivity contribution in [3.63, 3.8) is 0 Å². The molecule has 1 aromatic carbocycles. The monoisotopic (exact) mass is 511 g/mol. The molecule has 1 aliphatic rings. The molecule has 0 bridgehead atoms. The van der Waals surface area contributed by atoms with Crippen LogP contribution in [0, 0.1) is 6.92 Å². The number of pyridine rings is 1. The van der Waals surface area contributed by atoms with Gasteiger partial charge in [0.25, 0.3) is 5.91 Å². The van der Waals surface area contributed by atoms with E-state index in [1.165, 1.54) is 0 Å². The van der Waals surface area contributed by atoms with Crippen molar-refractivity contribution in [1.29, 1.82) is 0 Å². The highest BCUT2D eigenvalue weighted by Gasteiger charge is 2.25. The van der Waals surface area contributed by atoms with Gasteiger partial charge in [0.1, 0.15) is 11.0 Å². The average molecular weight is 512 g/mol. The number of imidazole rings is 1. The summed E-state index contributed by atoms with van der Waals surface area (Å²) in [5.74, 6) is 0.632. The number of aryl methyl sites for hydroxylation is 2. The largest absolute Gasteiger partial charge is 0.434 e. The topological polar surface area (TPSA) is 114 Å². The number of hydrogen-bond donors (Lipinski definition) is 2. The third-order valence-corrected chi connectivity index (χ3v) is 6.55. The molecule has 4 aromatic heterocycles. The Morgan fingerprint density at radius 2 is 1.84 bits per heavy atom. The van der Waals surface area contributed by atoms with Gasteiger partial charge in [0.05, 0.1) is 22.6 Å². The fourth-order valence-electron chi connectivity index (χ4n) is 5.10. The maximum Gasteiger partial charge on any atom is 0.257 e. The molecule has 5 aromatic rings. The van der Waals surface area contributed by atoms with Crippen LogP contribution in [0.5, 0.6) is 11.6 Å². The second-order valence-electron chi connectivity index (χ2n) is 9.85. The second-order valence-corrected chi connectivity index (χ2v) is 9.85. The summed E-state index contributed by atoms with van der Waals surface area (Å²) in [4.78, 5) is 29.6. The van der Waals surface area contributed by atoms with Crippen LogP contribution in [0.15, 0.2) is 55.2 Å². The Labute approximate surface area is 219 Å². The Morgan fingerprint density at radius 1 is 1.08 bits per heavy atom. The van der Waals surface area contributed by atoms with Crippen LogP contribution in [0.2, 0.25) is 0 Å². The standard InChI is InChI=1S/C27H29N9O2/c1-16-12-35(13-17(2)30-16)21-6-5-20(24-25(21)29-9-8-28-24)27(37)32-19-11-22(38-23-7-10-34(4)33-23)26-31-18(3)14-36(26)15-19/h5-11,14-17,30H,12-13H2,1-4H3,(H,32,37). The van der Waals surface area contributed by atoms with Crippen molar-refractivity contribution in [1.82, 2.24) is 34.4 Å². The first kappa shape index (κ1) is 23.9. The maximum atomic E-state index is 13.6. The molecule has 0 saturated carbocycles.